The number of nitrogens with zero attached hydrogens (tertiary/aromatic N) is 3. The number of aromatic nitrogens is 2. The van der Waals surface area contributed by atoms with E-state index in [2.05, 4.69) is 22.9 Å². The van der Waals surface area contributed by atoms with Gasteiger partial charge in [-0.25, -0.2) is 4.98 Å². The van der Waals surface area contributed by atoms with Crippen LogP contribution < -0.4 is 5.32 Å². The molecule has 3 rings (SSSR count). The Morgan fingerprint density at radius 2 is 1.91 bits per heavy atom. The van der Waals surface area contributed by atoms with Crippen molar-refractivity contribution in [1.29, 1.82) is 0 Å². The normalized spacial score (nSPS) is 12.3. The number of anilines is 1. The monoisotopic (exact) mass is 310 g/mol. The molecule has 1 heterocycles. The third kappa shape index (κ3) is 2.88. The molecule has 0 amide bonds. The van der Waals surface area contributed by atoms with E-state index >= 15 is 0 Å². The van der Waals surface area contributed by atoms with E-state index in [1.807, 2.05) is 25.1 Å². The lowest BCUT2D eigenvalue weighted by molar-refractivity contribution is -0.384. The van der Waals surface area contributed by atoms with Gasteiger partial charge in [0.05, 0.1) is 22.0 Å². The van der Waals surface area contributed by atoms with Gasteiger partial charge in [0.15, 0.2) is 0 Å². The molecule has 1 atom stereocenters. The zero-order valence-corrected chi connectivity index (χ0v) is 13.1. The quantitative estimate of drug-likeness (QED) is 0.568. The van der Waals surface area contributed by atoms with Crippen LogP contribution in [-0.2, 0) is 6.54 Å². The summed E-state index contributed by atoms with van der Waals surface area (Å²) in [7, 11) is 0. The largest absolute Gasteiger partial charge is 0.375 e. The van der Waals surface area contributed by atoms with Gasteiger partial charge in [-0.1, -0.05) is 12.1 Å². The summed E-state index contributed by atoms with van der Waals surface area (Å²) in [5.74, 6) is 0.951. The second-order valence-corrected chi connectivity index (χ2v) is 5.37. The van der Waals surface area contributed by atoms with Gasteiger partial charge in [0, 0.05) is 24.4 Å². The van der Waals surface area contributed by atoms with Crippen LogP contribution in [0.4, 0.5) is 11.4 Å². The number of aryl methyl sites for hydroxylation is 1. The van der Waals surface area contributed by atoms with Crippen molar-refractivity contribution in [3.05, 3.63) is 64.5 Å². The van der Waals surface area contributed by atoms with Crippen molar-refractivity contribution >= 4 is 22.4 Å². The van der Waals surface area contributed by atoms with Gasteiger partial charge in [0.1, 0.15) is 5.82 Å². The molecule has 0 aliphatic heterocycles. The van der Waals surface area contributed by atoms with Gasteiger partial charge in [0.25, 0.3) is 5.69 Å². The molecule has 0 saturated heterocycles. The van der Waals surface area contributed by atoms with Crippen LogP contribution in [-0.4, -0.2) is 14.5 Å². The van der Waals surface area contributed by atoms with E-state index in [0.717, 1.165) is 29.1 Å². The average molecular weight is 310 g/mol. The highest BCUT2D eigenvalue weighted by Crippen LogP contribution is 2.24. The van der Waals surface area contributed by atoms with Gasteiger partial charge >= 0.3 is 0 Å². The molecule has 23 heavy (non-hydrogen) atoms. The van der Waals surface area contributed by atoms with E-state index in [1.165, 1.54) is 12.1 Å². The van der Waals surface area contributed by atoms with E-state index in [9.17, 15) is 10.1 Å². The van der Waals surface area contributed by atoms with E-state index in [0.29, 0.717) is 0 Å². The number of nitrogens with one attached hydrogen (secondary N) is 1. The molecule has 118 valence electrons. The maximum Gasteiger partial charge on any atom is 0.269 e. The maximum absolute atomic E-state index is 10.7. The van der Waals surface area contributed by atoms with Crippen LogP contribution in [0.2, 0.25) is 0 Å². The Balaban J connectivity index is 1.88. The lowest BCUT2D eigenvalue weighted by Crippen LogP contribution is -2.13. The van der Waals surface area contributed by atoms with Gasteiger partial charge in [0.2, 0.25) is 0 Å². The number of benzene rings is 2. The molecule has 0 fully saturated rings. The predicted octanol–water partition coefficient (Wildman–Crippen LogP) is 4.14. The van der Waals surface area contributed by atoms with Crippen LogP contribution in [0.5, 0.6) is 0 Å². The molecule has 1 N–H and O–H groups in total. The van der Waals surface area contributed by atoms with Gasteiger partial charge in [-0.05, 0) is 38.1 Å². The zero-order chi connectivity index (χ0) is 16.4. The van der Waals surface area contributed by atoms with Crippen LogP contribution in [0.1, 0.15) is 25.7 Å². The Hall–Kier alpha value is -2.89. The zero-order valence-electron chi connectivity index (χ0n) is 13.1. The number of rotatable bonds is 5. The third-order valence-corrected chi connectivity index (χ3v) is 3.85. The fourth-order valence-electron chi connectivity index (χ4n) is 2.75. The summed E-state index contributed by atoms with van der Waals surface area (Å²) in [4.78, 5) is 15.0. The smallest absolute Gasteiger partial charge is 0.269 e. The molecule has 1 unspecified atom stereocenters. The lowest BCUT2D eigenvalue weighted by Gasteiger charge is -2.16. The molecule has 0 bridgehead atoms. The first kappa shape index (κ1) is 15.0. The van der Waals surface area contributed by atoms with E-state index in [-0.39, 0.29) is 11.7 Å². The van der Waals surface area contributed by atoms with Crippen molar-refractivity contribution in [3.8, 4) is 0 Å². The molecule has 6 heteroatoms. The van der Waals surface area contributed by atoms with Crippen molar-refractivity contribution in [1.82, 2.24) is 9.55 Å². The first-order valence-corrected chi connectivity index (χ1v) is 7.56. The van der Waals surface area contributed by atoms with Crippen LogP contribution in [0.3, 0.4) is 0 Å². The number of non-ortho nitro benzene ring substituents is 1. The Morgan fingerprint density at radius 1 is 1.22 bits per heavy atom. The Labute approximate surface area is 133 Å². The fraction of sp³-hybridized carbons (Fsp3) is 0.235. The number of para-hydroxylation sites is 2. The van der Waals surface area contributed by atoms with Crippen molar-refractivity contribution in [2.45, 2.75) is 26.4 Å². The van der Waals surface area contributed by atoms with Crippen LogP contribution in [0.15, 0.2) is 48.5 Å². The summed E-state index contributed by atoms with van der Waals surface area (Å²) in [6.07, 6.45) is 0. The minimum atomic E-state index is -0.399. The number of hydrogen-bond donors (Lipinski definition) is 1. The van der Waals surface area contributed by atoms with Gasteiger partial charge in [-0.3, -0.25) is 10.1 Å². The van der Waals surface area contributed by atoms with Crippen LogP contribution in [0.25, 0.3) is 11.0 Å². The molecule has 0 radical (unpaired) electrons. The second kappa shape index (κ2) is 6.08. The third-order valence-electron chi connectivity index (χ3n) is 3.85. The molecule has 1 aromatic heterocycles. The predicted molar refractivity (Wildman–Crippen MR) is 90.5 cm³/mol. The average Bonchev–Trinajstić information content (AvgIpc) is 2.94. The molecule has 0 spiro atoms. The maximum atomic E-state index is 10.7. The molecule has 3 aromatic rings. The Morgan fingerprint density at radius 3 is 2.57 bits per heavy atom. The highest BCUT2D eigenvalue weighted by Gasteiger charge is 2.15. The van der Waals surface area contributed by atoms with Crippen molar-refractivity contribution in [2.75, 3.05) is 5.32 Å². The Kier molecular flexibility index (Phi) is 3.97. The van der Waals surface area contributed by atoms with Crippen molar-refractivity contribution in [2.24, 2.45) is 0 Å². The van der Waals surface area contributed by atoms with Crippen LogP contribution in [0, 0.1) is 10.1 Å². The van der Waals surface area contributed by atoms with Gasteiger partial charge in [-0.2, -0.15) is 0 Å². The SMILES string of the molecule is CCn1c(C(C)Nc2ccc([N+](=O)[O-])cc2)nc2ccccc21. The minimum absolute atomic E-state index is 0.0104. The second-order valence-electron chi connectivity index (χ2n) is 5.37. The van der Waals surface area contributed by atoms with Crippen molar-refractivity contribution < 1.29 is 4.92 Å². The minimum Gasteiger partial charge on any atom is -0.375 e. The summed E-state index contributed by atoms with van der Waals surface area (Å²) >= 11 is 0. The van der Waals surface area contributed by atoms with E-state index < -0.39 is 4.92 Å². The first-order valence-electron chi connectivity index (χ1n) is 7.56. The summed E-state index contributed by atoms with van der Waals surface area (Å²) in [6.45, 7) is 4.97. The van der Waals surface area contributed by atoms with E-state index in [4.69, 9.17) is 4.98 Å². The number of imidazole rings is 1. The number of nitro groups is 1. The van der Waals surface area contributed by atoms with Gasteiger partial charge < -0.3 is 9.88 Å². The topological polar surface area (TPSA) is 73.0 Å². The fourth-order valence-corrected chi connectivity index (χ4v) is 2.75. The summed E-state index contributed by atoms with van der Waals surface area (Å²) in [6, 6.07) is 14.5. The van der Waals surface area contributed by atoms with Crippen molar-refractivity contribution in [3.63, 3.8) is 0 Å². The molecular weight excluding hydrogens is 292 g/mol. The summed E-state index contributed by atoms with van der Waals surface area (Å²) < 4.78 is 2.18. The Bertz CT molecular complexity index is 839. The molecule has 0 saturated carbocycles. The molecule has 6 nitrogen and oxygen atoms in total. The lowest BCUT2D eigenvalue weighted by atomic mass is 10.2. The highest BCUT2D eigenvalue weighted by molar-refractivity contribution is 5.76. The first-order chi connectivity index (χ1) is 11.1. The molecular formula is C17H18N4O2. The molecule has 2 aromatic carbocycles. The number of hydrogen-bond acceptors (Lipinski definition) is 4. The summed E-state index contributed by atoms with van der Waals surface area (Å²) in [5.41, 5.74) is 3.01. The number of nitro benzene ring substituents is 1. The van der Waals surface area contributed by atoms with Gasteiger partial charge in [-0.15, -0.1) is 0 Å². The van der Waals surface area contributed by atoms with Crippen LogP contribution >= 0.6 is 0 Å². The summed E-state index contributed by atoms with van der Waals surface area (Å²) in [5, 5.41) is 14.1. The molecule has 0 aliphatic carbocycles. The highest BCUT2D eigenvalue weighted by atomic mass is 16.6. The van der Waals surface area contributed by atoms with E-state index in [1.54, 1.807) is 12.1 Å². The molecule has 0 aliphatic rings. The standard InChI is InChI=1S/C17H18N4O2/c1-3-20-16-7-5-4-6-15(16)19-17(20)12(2)18-13-8-10-14(11-9-13)21(22)23/h4-12,18H,3H2,1-2H3. The number of fused-ring (bicyclic) bond motifs is 1.